The Labute approximate surface area is 203 Å². The number of allylic oxidation sites excluding steroid dienone is 3. The number of carbonyl (C=O) groups excluding carboxylic acids is 1. The lowest BCUT2D eigenvalue weighted by atomic mass is 9.83. The second kappa shape index (κ2) is 8.30. The summed E-state index contributed by atoms with van der Waals surface area (Å²) in [4.78, 5) is 22.3. The molecule has 2 aromatic heterocycles. The maximum Gasteiger partial charge on any atom is 0.240 e. The molecule has 34 heavy (non-hydrogen) atoms. The lowest BCUT2D eigenvalue weighted by Gasteiger charge is -2.29. The highest BCUT2D eigenvalue weighted by atomic mass is 79.9. The molecular formula is C24H20BrN7O2. The Hall–Kier alpha value is -3.63. The first-order chi connectivity index (χ1) is 16.6. The van der Waals surface area contributed by atoms with Crippen LogP contribution in [0.5, 0.6) is 0 Å². The van der Waals surface area contributed by atoms with Gasteiger partial charge in [-0.05, 0) is 52.2 Å². The highest BCUT2D eigenvalue weighted by Gasteiger charge is 2.38. The summed E-state index contributed by atoms with van der Waals surface area (Å²) in [5, 5.41) is 23.0. The summed E-state index contributed by atoms with van der Waals surface area (Å²) >= 11 is 3.60. The fraction of sp³-hybridized carbons (Fsp3) is 0.208. The van der Waals surface area contributed by atoms with Crippen LogP contribution in [0.1, 0.15) is 17.5 Å². The zero-order chi connectivity index (χ0) is 23.2. The van der Waals surface area contributed by atoms with E-state index >= 15 is 0 Å². The standard InChI is InChI=1S/C24H20BrN7O2/c25-17-8-15(14-2-1-3-18-16(14)10-28-32-18)21(26)20-22(17)30-23(31-24(20)33)12-4-5-19(27-9-12)29-13-6-7-34-11-13/h1-5,8-10,13,20,26H,6-7,11H2,(H,27,29)(H,28,32)(H,30,31,33). The third-order valence-electron chi connectivity index (χ3n) is 6.20. The Morgan fingerprint density at radius 2 is 2.12 bits per heavy atom. The van der Waals surface area contributed by atoms with Gasteiger partial charge in [0.1, 0.15) is 17.6 Å². The molecule has 4 N–H and O–H groups in total. The van der Waals surface area contributed by atoms with Crippen molar-refractivity contribution in [1.82, 2.24) is 20.5 Å². The molecule has 170 valence electrons. The average molecular weight is 518 g/mol. The van der Waals surface area contributed by atoms with Gasteiger partial charge in [0.2, 0.25) is 5.91 Å². The van der Waals surface area contributed by atoms with Gasteiger partial charge in [-0.15, -0.1) is 0 Å². The Bertz CT molecular complexity index is 1410. The number of anilines is 1. The minimum atomic E-state index is -0.809. The molecule has 9 nitrogen and oxygen atoms in total. The van der Waals surface area contributed by atoms with E-state index in [1.807, 2.05) is 36.4 Å². The normalized spacial score (nSPS) is 22.4. The average Bonchev–Trinajstić information content (AvgIpc) is 3.53. The van der Waals surface area contributed by atoms with Crippen LogP contribution in [0.15, 0.2) is 64.0 Å². The Morgan fingerprint density at radius 1 is 1.21 bits per heavy atom. The number of benzene rings is 1. The topological polar surface area (TPSA) is 128 Å². The smallest absolute Gasteiger partial charge is 0.240 e. The van der Waals surface area contributed by atoms with Crippen molar-refractivity contribution in [2.75, 3.05) is 18.5 Å². The van der Waals surface area contributed by atoms with Gasteiger partial charge in [-0.25, -0.2) is 9.98 Å². The number of amidine groups is 1. The van der Waals surface area contributed by atoms with Gasteiger partial charge in [0.05, 0.1) is 35.8 Å². The van der Waals surface area contributed by atoms with Crippen molar-refractivity contribution in [3.05, 3.63) is 70.1 Å². The van der Waals surface area contributed by atoms with E-state index in [1.165, 1.54) is 0 Å². The third-order valence-corrected chi connectivity index (χ3v) is 6.83. The zero-order valence-electron chi connectivity index (χ0n) is 17.9. The van der Waals surface area contributed by atoms with Gasteiger partial charge in [0.25, 0.3) is 0 Å². The SMILES string of the molecule is N=C1C(c2cccc3[nH]ncc23)=CC(Br)=C2N=C(c3ccc(NC4CCOC4)nc3)NC(=O)C12. The first-order valence-corrected chi connectivity index (χ1v) is 11.7. The number of rotatable bonds is 4. The van der Waals surface area contributed by atoms with Gasteiger partial charge in [-0.3, -0.25) is 9.89 Å². The van der Waals surface area contributed by atoms with E-state index in [0.29, 0.717) is 33.8 Å². The predicted octanol–water partition coefficient (Wildman–Crippen LogP) is 3.37. The molecule has 10 heteroatoms. The zero-order valence-corrected chi connectivity index (χ0v) is 19.5. The van der Waals surface area contributed by atoms with Gasteiger partial charge in [-0.1, -0.05) is 12.1 Å². The largest absolute Gasteiger partial charge is 0.379 e. The number of halogens is 1. The number of aliphatic imine (C=N–C) groups is 1. The van der Waals surface area contributed by atoms with Crippen molar-refractivity contribution in [2.24, 2.45) is 10.9 Å². The third kappa shape index (κ3) is 3.55. The van der Waals surface area contributed by atoms with E-state index < -0.39 is 5.92 Å². The number of aromatic amines is 1. The van der Waals surface area contributed by atoms with E-state index in [2.05, 4.69) is 41.7 Å². The molecule has 1 aromatic carbocycles. The van der Waals surface area contributed by atoms with Crippen LogP contribution in [0.25, 0.3) is 16.5 Å². The molecular weight excluding hydrogens is 498 g/mol. The number of nitrogens with one attached hydrogen (secondary N) is 4. The predicted molar refractivity (Wildman–Crippen MR) is 133 cm³/mol. The lowest BCUT2D eigenvalue weighted by Crippen LogP contribution is -2.45. The number of carbonyl (C=O) groups is 1. The Balaban J connectivity index is 1.34. The molecule has 2 aliphatic heterocycles. The highest BCUT2D eigenvalue weighted by Crippen LogP contribution is 2.39. The number of H-pyrrole nitrogens is 1. The Kier molecular flexibility index (Phi) is 5.11. The van der Waals surface area contributed by atoms with Gasteiger partial charge in [0.15, 0.2) is 0 Å². The molecule has 1 aliphatic carbocycles. The van der Waals surface area contributed by atoms with Crippen molar-refractivity contribution < 1.29 is 9.53 Å². The summed E-state index contributed by atoms with van der Waals surface area (Å²) in [6, 6.07) is 9.75. The summed E-state index contributed by atoms with van der Waals surface area (Å²) in [6.07, 6.45) is 6.21. The molecule has 1 amide bonds. The van der Waals surface area contributed by atoms with Crippen molar-refractivity contribution >= 4 is 55.7 Å². The Morgan fingerprint density at radius 3 is 2.91 bits per heavy atom. The highest BCUT2D eigenvalue weighted by molar-refractivity contribution is 9.11. The van der Waals surface area contributed by atoms with Gasteiger partial charge >= 0.3 is 0 Å². The fourth-order valence-electron chi connectivity index (χ4n) is 4.46. The first-order valence-electron chi connectivity index (χ1n) is 10.9. The molecule has 3 aliphatic rings. The molecule has 3 aromatic rings. The molecule has 0 spiro atoms. The molecule has 4 heterocycles. The summed E-state index contributed by atoms with van der Waals surface area (Å²) in [5.74, 6) is 0.0625. The van der Waals surface area contributed by atoms with Gasteiger partial charge in [-0.2, -0.15) is 5.10 Å². The van der Waals surface area contributed by atoms with Crippen molar-refractivity contribution in [3.8, 4) is 0 Å². The molecule has 1 fully saturated rings. The number of hydrogen-bond donors (Lipinski definition) is 4. The van der Waals surface area contributed by atoms with Crippen molar-refractivity contribution in [1.29, 1.82) is 5.41 Å². The number of pyridine rings is 1. The second-order valence-corrected chi connectivity index (χ2v) is 9.22. The molecule has 0 saturated carbocycles. The number of nitrogens with zero attached hydrogens (tertiary/aromatic N) is 3. The molecule has 6 rings (SSSR count). The van der Waals surface area contributed by atoms with Crippen LogP contribution in [-0.4, -0.2) is 51.9 Å². The number of fused-ring (bicyclic) bond motifs is 2. The minimum Gasteiger partial charge on any atom is -0.379 e. The summed E-state index contributed by atoms with van der Waals surface area (Å²) in [6.45, 7) is 1.43. The van der Waals surface area contributed by atoms with Gasteiger partial charge < -0.3 is 20.8 Å². The van der Waals surface area contributed by atoms with Crippen LogP contribution in [-0.2, 0) is 9.53 Å². The van der Waals surface area contributed by atoms with Crippen LogP contribution in [0.2, 0.25) is 0 Å². The van der Waals surface area contributed by atoms with Crippen LogP contribution in [0.3, 0.4) is 0 Å². The molecule has 1 saturated heterocycles. The van der Waals surface area contributed by atoms with Crippen LogP contribution in [0.4, 0.5) is 5.82 Å². The van der Waals surface area contributed by atoms with Crippen molar-refractivity contribution in [3.63, 3.8) is 0 Å². The number of hydrogen-bond acceptors (Lipinski definition) is 7. The van der Waals surface area contributed by atoms with Crippen molar-refractivity contribution in [2.45, 2.75) is 12.5 Å². The molecule has 0 bridgehead atoms. The van der Waals surface area contributed by atoms with E-state index in [-0.39, 0.29) is 17.7 Å². The van der Waals surface area contributed by atoms with E-state index in [9.17, 15) is 4.79 Å². The van der Waals surface area contributed by atoms with Crippen LogP contribution in [0, 0.1) is 11.3 Å². The van der Waals surface area contributed by atoms with Crippen LogP contribution >= 0.6 is 15.9 Å². The first kappa shape index (κ1) is 20.9. The fourth-order valence-corrected chi connectivity index (χ4v) is 5.00. The second-order valence-electron chi connectivity index (χ2n) is 8.36. The number of aromatic nitrogens is 3. The minimum absolute atomic E-state index is 0.198. The van der Waals surface area contributed by atoms with E-state index in [4.69, 9.17) is 15.1 Å². The maximum atomic E-state index is 13.2. The summed E-state index contributed by atoms with van der Waals surface area (Å²) < 4.78 is 6.06. The van der Waals surface area contributed by atoms with E-state index in [1.54, 1.807) is 12.4 Å². The number of amides is 1. The molecule has 2 unspecified atom stereocenters. The summed E-state index contributed by atoms with van der Waals surface area (Å²) in [7, 11) is 0. The maximum absolute atomic E-state index is 13.2. The monoisotopic (exact) mass is 517 g/mol. The number of ether oxygens (including phenoxy) is 1. The summed E-state index contributed by atoms with van der Waals surface area (Å²) in [5.41, 5.74) is 3.78. The van der Waals surface area contributed by atoms with Gasteiger partial charge in [0, 0.05) is 33.8 Å². The molecule has 2 atom stereocenters. The quantitative estimate of drug-likeness (QED) is 0.421. The molecule has 0 radical (unpaired) electrons. The van der Waals surface area contributed by atoms with E-state index in [0.717, 1.165) is 35.3 Å². The lowest BCUT2D eigenvalue weighted by molar-refractivity contribution is -0.121. The van der Waals surface area contributed by atoms with Crippen LogP contribution < -0.4 is 10.6 Å².